The monoisotopic (exact) mass is 471 g/mol. The van der Waals surface area contributed by atoms with Crippen molar-refractivity contribution >= 4 is 33.4 Å². The minimum Gasteiger partial charge on any atom is -0.474 e. The van der Waals surface area contributed by atoms with Crippen molar-refractivity contribution in [2.45, 2.75) is 75.9 Å². The quantitative estimate of drug-likeness (QED) is 0.666. The molecule has 1 unspecified atom stereocenters. The van der Waals surface area contributed by atoms with Gasteiger partial charge in [-0.25, -0.2) is 9.97 Å². The summed E-state index contributed by atoms with van der Waals surface area (Å²) in [5, 5.41) is 0.983. The lowest BCUT2D eigenvalue weighted by Gasteiger charge is -2.35. The summed E-state index contributed by atoms with van der Waals surface area (Å²) in [6.07, 6.45) is 10.1. The molecule has 0 spiro atoms. The lowest BCUT2D eigenvalue weighted by atomic mass is 9.92. The molecule has 2 aromatic rings. The molecule has 0 aromatic carbocycles. The van der Waals surface area contributed by atoms with Gasteiger partial charge in [-0.2, -0.15) is 0 Å². The molecular weight excluding hydrogens is 438 g/mol. The first kappa shape index (κ1) is 22.5. The molecule has 3 aliphatic rings. The van der Waals surface area contributed by atoms with Gasteiger partial charge in [0.15, 0.2) is 0 Å². The standard InChI is InChI=1S/C24H33N5O3S/c1-28(13-20(31)29-10-2-3-11-29)16-5-7-17(8-6-16)32-23-22-21-15(12-19(25)30)4-9-18(21)33-24(22)27-14-26-23/h14-17H,2-13H2,1H3,(H2,25,30). The molecule has 2 aromatic heterocycles. The van der Waals surface area contributed by atoms with Crippen LogP contribution in [-0.2, 0) is 16.0 Å². The number of likely N-dealkylation sites (tertiary alicyclic amines) is 1. The highest BCUT2D eigenvalue weighted by atomic mass is 32.1. The minimum atomic E-state index is -0.267. The van der Waals surface area contributed by atoms with Crippen LogP contribution in [0.3, 0.4) is 0 Å². The van der Waals surface area contributed by atoms with Gasteiger partial charge in [-0.3, -0.25) is 14.5 Å². The first-order chi connectivity index (χ1) is 16.0. The van der Waals surface area contributed by atoms with Crippen LogP contribution in [0.25, 0.3) is 10.2 Å². The fourth-order valence-electron chi connectivity index (χ4n) is 5.75. The number of aromatic nitrogens is 2. The van der Waals surface area contributed by atoms with Crippen molar-refractivity contribution in [3.63, 3.8) is 0 Å². The molecule has 2 aliphatic carbocycles. The molecule has 2 amide bonds. The number of likely N-dealkylation sites (N-methyl/N-ethyl adjacent to an activating group) is 1. The number of thiophene rings is 1. The molecule has 0 radical (unpaired) electrons. The Bertz CT molecular complexity index is 1030. The van der Waals surface area contributed by atoms with Gasteiger partial charge in [0, 0.05) is 30.4 Å². The van der Waals surface area contributed by atoms with Crippen LogP contribution in [0.15, 0.2) is 6.33 Å². The van der Waals surface area contributed by atoms with Crippen molar-refractivity contribution in [3.05, 3.63) is 16.8 Å². The third kappa shape index (κ3) is 4.71. The second-order valence-corrected chi connectivity index (χ2v) is 10.8. The van der Waals surface area contributed by atoms with E-state index in [0.717, 1.165) is 74.7 Å². The molecule has 9 heteroatoms. The van der Waals surface area contributed by atoms with Crippen LogP contribution in [0.5, 0.6) is 5.88 Å². The highest BCUT2D eigenvalue weighted by molar-refractivity contribution is 7.19. The van der Waals surface area contributed by atoms with E-state index in [1.807, 2.05) is 4.90 Å². The number of rotatable bonds is 7. The molecule has 1 saturated heterocycles. The zero-order valence-corrected chi connectivity index (χ0v) is 20.1. The van der Waals surface area contributed by atoms with Crippen molar-refractivity contribution in [2.24, 2.45) is 5.73 Å². The van der Waals surface area contributed by atoms with Gasteiger partial charge >= 0.3 is 0 Å². The van der Waals surface area contributed by atoms with E-state index < -0.39 is 0 Å². The second-order valence-electron chi connectivity index (χ2n) is 9.76. The summed E-state index contributed by atoms with van der Waals surface area (Å²) in [5.41, 5.74) is 6.69. The molecule has 5 rings (SSSR count). The number of ether oxygens (including phenoxy) is 1. The number of hydrogen-bond donors (Lipinski definition) is 1. The molecule has 178 valence electrons. The smallest absolute Gasteiger partial charge is 0.236 e. The normalized spacial score (nSPS) is 25.0. The number of nitrogens with zero attached hydrogens (tertiary/aromatic N) is 4. The van der Waals surface area contributed by atoms with E-state index in [9.17, 15) is 9.59 Å². The van der Waals surface area contributed by atoms with Gasteiger partial charge in [-0.05, 0) is 69.9 Å². The van der Waals surface area contributed by atoms with Gasteiger partial charge < -0.3 is 15.4 Å². The van der Waals surface area contributed by atoms with Crippen LogP contribution in [0.2, 0.25) is 0 Å². The van der Waals surface area contributed by atoms with Crippen molar-refractivity contribution in [2.75, 3.05) is 26.7 Å². The predicted octanol–water partition coefficient (Wildman–Crippen LogP) is 2.84. The average molecular weight is 472 g/mol. The summed E-state index contributed by atoms with van der Waals surface area (Å²) in [4.78, 5) is 39.5. The molecular formula is C24H33N5O3S. The summed E-state index contributed by atoms with van der Waals surface area (Å²) >= 11 is 1.69. The van der Waals surface area contributed by atoms with Crippen molar-refractivity contribution in [3.8, 4) is 5.88 Å². The Kier molecular flexibility index (Phi) is 6.51. The average Bonchev–Trinajstić information content (AvgIpc) is 3.52. The fraction of sp³-hybridized carbons (Fsp3) is 0.667. The van der Waals surface area contributed by atoms with Crippen LogP contribution in [0.4, 0.5) is 0 Å². The number of fused-ring (bicyclic) bond motifs is 3. The molecule has 2 fully saturated rings. The molecule has 8 nitrogen and oxygen atoms in total. The second kappa shape index (κ2) is 9.54. The van der Waals surface area contributed by atoms with Crippen LogP contribution >= 0.6 is 11.3 Å². The zero-order chi connectivity index (χ0) is 22.9. The summed E-state index contributed by atoms with van der Waals surface area (Å²) in [6, 6.07) is 0.409. The summed E-state index contributed by atoms with van der Waals surface area (Å²) in [5.74, 6) is 0.776. The Balaban J connectivity index is 1.23. The number of carbonyl (C=O) groups is 2. The van der Waals surface area contributed by atoms with E-state index in [1.165, 1.54) is 10.4 Å². The van der Waals surface area contributed by atoms with E-state index >= 15 is 0 Å². The fourth-order valence-corrected chi connectivity index (χ4v) is 6.98. The maximum absolute atomic E-state index is 12.5. The number of carbonyl (C=O) groups excluding carboxylic acids is 2. The number of primary amides is 1. The van der Waals surface area contributed by atoms with Gasteiger partial charge in [0.1, 0.15) is 17.3 Å². The molecule has 3 heterocycles. The molecule has 1 atom stereocenters. The number of amides is 2. The lowest BCUT2D eigenvalue weighted by molar-refractivity contribution is -0.131. The van der Waals surface area contributed by atoms with E-state index in [-0.39, 0.29) is 23.8 Å². The van der Waals surface area contributed by atoms with Gasteiger partial charge in [-0.15, -0.1) is 11.3 Å². The predicted molar refractivity (Wildman–Crippen MR) is 127 cm³/mol. The Labute approximate surface area is 198 Å². The Hall–Kier alpha value is -2.26. The minimum absolute atomic E-state index is 0.105. The van der Waals surface area contributed by atoms with Crippen LogP contribution in [0.1, 0.15) is 67.7 Å². The first-order valence-electron chi connectivity index (χ1n) is 12.2. The summed E-state index contributed by atoms with van der Waals surface area (Å²) < 4.78 is 6.44. The van der Waals surface area contributed by atoms with Crippen molar-refractivity contribution in [1.82, 2.24) is 19.8 Å². The van der Waals surface area contributed by atoms with Crippen LogP contribution in [0, 0.1) is 0 Å². The number of aryl methyl sites for hydroxylation is 1. The third-order valence-electron chi connectivity index (χ3n) is 7.53. The molecule has 33 heavy (non-hydrogen) atoms. The Morgan fingerprint density at radius 2 is 1.94 bits per heavy atom. The first-order valence-corrected chi connectivity index (χ1v) is 13.0. The molecule has 0 bridgehead atoms. The van der Waals surface area contributed by atoms with Crippen LogP contribution in [-0.4, -0.2) is 70.4 Å². The van der Waals surface area contributed by atoms with Gasteiger partial charge in [0.25, 0.3) is 0 Å². The van der Waals surface area contributed by atoms with Gasteiger partial charge in [-0.1, -0.05) is 0 Å². The topological polar surface area (TPSA) is 102 Å². The zero-order valence-electron chi connectivity index (χ0n) is 19.3. The van der Waals surface area contributed by atoms with Crippen molar-refractivity contribution in [1.29, 1.82) is 0 Å². The van der Waals surface area contributed by atoms with E-state index in [4.69, 9.17) is 10.5 Å². The highest BCUT2D eigenvalue weighted by Crippen LogP contribution is 2.47. The SMILES string of the molecule is CN(CC(=O)N1CCCC1)C1CCC(Oc2ncnc3sc4c(c23)C(CC(N)=O)CC4)CC1. The third-order valence-corrected chi connectivity index (χ3v) is 8.71. The lowest BCUT2D eigenvalue weighted by Crippen LogP contribution is -2.44. The van der Waals surface area contributed by atoms with Crippen molar-refractivity contribution < 1.29 is 14.3 Å². The molecule has 2 N–H and O–H groups in total. The highest BCUT2D eigenvalue weighted by Gasteiger charge is 2.33. The Morgan fingerprint density at radius 1 is 1.18 bits per heavy atom. The summed E-state index contributed by atoms with van der Waals surface area (Å²) in [7, 11) is 2.07. The number of nitrogens with two attached hydrogens (primary N) is 1. The molecule has 1 aliphatic heterocycles. The number of hydrogen-bond acceptors (Lipinski definition) is 7. The van der Waals surface area contributed by atoms with Gasteiger partial charge in [0.05, 0.1) is 11.9 Å². The van der Waals surface area contributed by atoms with Gasteiger partial charge in [0.2, 0.25) is 17.7 Å². The molecule has 1 saturated carbocycles. The summed E-state index contributed by atoms with van der Waals surface area (Å²) in [6.45, 7) is 2.32. The maximum atomic E-state index is 12.5. The van der Waals surface area contributed by atoms with E-state index in [0.29, 0.717) is 24.9 Å². The van der Waals surface area contributed by atoms with Crippen LogP contribution < -0.4 is 10.5 Å². The van der Waals surface area contributed by atoms with E-state index in [2.05, 4.69) is 21.9 Å². The Morgan fingerprint density at radius 3 is 2.67 bits per heavy atom. The largest absolute Gasteiger partial charge is 0.474 e. The van der Waals surface area contributed by atoms with E-state index in [1.54, 1.807) is 17.7 Å². The maximum Gasteiger partial charge on any atom is 0.236 e.